The number of hydrogen-bond donors (Lipinski definition) is 1. The molecular formula is C13H14N2OS2. The summed E-state index contributed by atoms with van der Waals surface area (Å²) in [4.78, 5) is 17.3. The average molecular weight is 278 g/mol. The van der Waals surface area contributed by atoms with Gasteiger partial charge in [-0.1, -0.05) is 0 Å². The van der Waals surface area contributed by atoms with Gasteiger partial charge in [0.25, 0.3) is 5.91 Å². The molecule has 0 atom stereocenters. The molecule has 0 radical (unpaired) electrons. The van der Waals surface area contributed by atoms with Crippen molar-refractivity contribution in [3.63, 3.8) is 0 Å². The van der Waals surface area contributed by atoms with E-state index in [1.54, 1.807) is 11.3 Å². The highest BCUT2D eigenvalue weighted by Gasteiger charge is 2.26. The van der Waals surface area contributed by atoms with Crippen molar-refractivity contribution < 1.29 is 4.79 Å². The van der Waals surface area contributed by atoms with E-state index in [9.17, 15) is 4.79 Å². The second-order valence-corrected chi connectivity index (χ2v) is 6.37. The zero-order valence-corrected chi connectivity index (χ0v) is 11.7. The predicted molar refractivity (Wildman–Crippen MR) is 74.3 cm³/mol. The Bertz CT molecular complexity index is 569. The van der Waals surface area contributed by atoms with Crippen LogP contribution in [0.5, 0.6) is 0 Å². The summed E-state index contributed by atoms with van der Waals surface area (Å²) in [5.41, 5.74) is 2.01. The molecule has 1 N–H and O–H groups in total. The van der Waals surface area contributed by atoms with Crippen LogP contribution < -0.4 is 5.32 Å². The molecule has 0 unspecified atom stereocenters. The molecule has 3 nitrogen and oxygen atoms in total. The van der Waals surface area contributed by atoms with Crippen molar-refractivity contribution in [2.75, 3.05) is 0 Å². The summed E-state index contributed by atoms with van der Waals surface area (Å²) in [6.07, 6.45) is 2.54. The number of hydrogen-bond acceptors (Lipinski definition) is 4. The fraction of sp³-hybridized carbons (Fsp3) is 0.385. The largest absolute Gasteiger partial charge is 0.346 e. The number of amides is 1. The van der Waals surface area contributed by atoms with Crippen LogP contribution in [0.25, 0.3) is 0 Å². The highest BCUT2D eigenvalue weighted by Crippen LogP contribution is 2.41. The van der Waals surface area contributed by atoms with Crippen molar-refractivity contribution in [2.24, 2.45) is 0 Å². The Hall–Kier alpha value is -1.20. The topological polar surface area (TPSA) is 42.0 Å². The number of aryl methyl sites for hydroxylation is 1. The van der Waals surface area contributed by atoms with Crippen molar-refractivity contribution in [1.82, 2.24) is 10.3 Å². The minimum absolute atomic E-state index is 0.00321. The maximum atomic E-state index is 11.9. The third-order valence-electron chi connectivity index (χ3n) is 2.99. The smallest absolute Gasteiger partial charge is 0.261 e. The Labute approximate surface area is 114 Å². The van der Waals surface area contributed by atoms with Gasteiger partial charge in [-0.2, -0.15) is 0 Å². The van der Waals surface area contributed by atoms with Gasteiger partial charge in [-0.05, 0) is 36.8 Å². The molecule has 94 valence electrons. The molecule has 0 aliphatic heterocycles. The molecule has 2 aromatic heterocycles. The summed E-state index contributed by atoms with van der Waals surface area (Å²) in [6.45, 7) is 2.48. The maximum Gasteiger partial charge on any atom is 0.261 e. The number of carbonyl (C=O) groups excluding carboxylic acids is 1. The predicted octanol–water partition coefficient (Wildman–Crippen LogP) is 3.32. The van der Waals surface area contributed by atoms with Crippen LogP contribution in [0.1, 0.15) is 44.7 Å². The lowest BCUT2D eigenvalue weighted by Gasteiger charge is -2.02. The van der Waals surface area contributed by atoms with Gasteiger partial charge in [0.1, 0.15) is 0 Å². The number of thiazole rings is 1. The van der Waals surface area contributed by atoms with Crippen LogP contribution in [0, 0.1) is 6.92 Å². The van der Waals surface area contributed by atoms with Crippen LogP contribution in [0.2, 0.25) is 0 Å². The Kier molecular flexibility index (Phi) is 3.18. The van der Waals surface area contributed by atoms with Crippen LogP contribution in [-0.4, -0.2) is 10.9 Å². The second kappa shape index (κ2) is 4.82. The first-order valence-corrected chi connectivity index (χ1v) is 7.76. The molecule has 1 aliphatic carbocycles. The first-order valence-electron chi connectivity index (χ1n) is 6.00. The van der Waals surface area contributed by atoms with Gasteiger partial charge in [0.05, 0.1) is 22.1 Å². The van der Waals surface area contributed by atoms with E-state index in [1.165, 1.54) is 29.2 Å². The van der Waals surface area contributed by atoms with Crippen LogP contribution in [-0.2, 0) is 6.54 Å². The third-order valence-corrected chi connectivity index (χ3v) is 5.07. The summed E-state index contributed by atoms with van der Waals surface area (Å²) in [6, 6.07) is 1.97. The third kappa shape index (κ3) is 2.47. The first-order chi connectivity index (χ1) is 8.74. The van der Waals surface area contributed by atoms with Gasteiger partial charge >= 0.3 is 0 Å². The lowest BCUT2D eigenvalue weighted by Crippen LogP contribution is -2.22. The van der Waals surface area contributed by atoms with Crippen LogP contribution in [0.3, 0.4) is 0 Å². The van der Waals surface area contributed by atoms with E-state index in [-0.39, 0.29) is 5.91 Å². The number of nitrogens with zero attached hydrogens (tertiary/aromatic N) is 1. The normalized spacial score (nSPS) is 14.7. The molecule has 1 fully saturated rings. The van der Waals surface area contributed by atoms with E-state index < -0.39 is 0 Å². The average Bonchev–Trinajstić information content (AvgIpc) is 2.95. The van der Waals surface area contributed by atoms with Crippen LogP contribution in [0.15, 0.2) is 16.8 Å². The molecule has 0 aromatic carbocycles. The monoisotopic (exact) mass is 278 g/mol. The van der Waals surface area contributed by atoms with E-state index in [2.05, 4.69) is 15.7 Å². The molecular weight excluding hydrogens is 264 g/mol. The number of aromatic nitrogens is 1. The molecule has 1 amide bonds. The zero-order chi connectivity index (χ0) is 12.5. The van der Waals surface area contributed by atoms with Crippen molar-refractivity contribution in [3.8, 4) is 0 Å². The van der Waals surface area contributed by atoms with Gasteiger partial charge in [0, 0.05) is 11.3 Å². The Morgan fingerprint density at radius 1 is 1.50 bits per heavy atom. The summed E-state index contributed by atoms with van der Waals surface area (Å²) in [5, 5.41) is 8.15. The van der Waals surface area contributed by atoms with Gasteiger partial charge in [-0.3, -0.25) is 4.79 Å². The molecule has 2 aromatic rings. The Morgan fingerprint density at radius 3 is 3.00 bits per heavy atom. The van der Waals surface area contributed by atoms with Crippen molar-refractivity contribution >= 4 is 28.6 Å². The van der Waals surface area contributed by atoms with Gasteiger partial charge in [0.2, 0.25) is 0 Å². The number of rotatable bonds is 4. The number of carbonyl (C=O) groups is 1. The number of thiophene rings is 1. The molecule has 0 bridgehead atoms. The van der Waals surface area contributed by atoms with Crippen molar-refractivity contribution in [2.45, 2.75) is 32.2 Å². The molecule has 0 saturated heterocycles. The van der Waals surface area contributed by atoms with E-state index >= 15 is 0 Å². The SMILES string of the molecule is Cc1ccsc1C(=O)NCc1csc(C2CC2)n1. The van der Waals surface area contributed by atoms with Gasteiger partial charge in [-0.15, -0.1) is 22.7 Å². The zero-order valence-electron chi connectivity index (χ0n) is 10.1. The van der Waals surface area contributed by atoms with E-state index in [0.29, 0.717) is 12.5 Å². The maximum absolute atomic E-state index is 11.9. The van der Waals surface area contributed by atoms with E-state index in [4.69, 9.17) is 0 Å². The fourth-order valence-electron chi connectivity index (χ4n) is 1.78. The molecule has 0 spiro atoms. The van der Waals surface area contributed by atoms with Crippen LogP contribution in [0.4, 0.5) is 0 Å². The standard InChI is InChI=1S/C13H14N2OS2/c1-8-4-5-17-11(8)12(16)14-6-10-7-18-13(15-10)9-2-3-9/h4-5,7,9H,2-3,6H2,1H3,(H,14,16). The molecule has 1 aliphatic rings. The highest BCUT2D eigenvalue weighted by molar-refractivity contribution is 7.12. The summed E-state index contributed by atoms with van der Waals surface area (Å²) < 4.78 is 0. The van der Waals surface area contributed by atoms with Gasteiger partial charge in [0.15, 0.2) is 0 Å². The lowest BCUT2D eigenvalue weighted by molar-refractivity contribution is 0.0954. The summed E-state index contributed by atoms with van der Waals surface area (Å²) >= 11 is 3.20. The highest BCUT2D eigenvalue weighted by atomic mass is 32.1. The minimum Gasteiger partial charge on any atom is -0.346 e. The minimum atomic E-state index is 0.00321. The second-order valence-electron chi connectivity index (χ2n) is 4.57. The van der Waals surface area contributed by atoms with Crippen molar-refractivity contribution in [1.29, 1.82) is 0 Å². The molecule has 5 heteroatoms. The van der Waals surface area contributed by atoms with E-state index in [0.717, 1.165) is 16.1 Å². The quantitative estimate of drug-likeness (QED) is 0.932. The number of nitrogens with one attached hydrogen (secondary N) is 1. The molecule has 1 saturated carbocycles. The Balaban J connectivity index is 1.60. The van der Waals surface area contributed by atoms with Gasteiger partial charge in [-0.25, -0.2) is 4.98 Å². The lowest BCUT2D eigenvalue weighted by atomic mass is 10.3. The van der Waals surface area contributed by atoms with Gasteiger partial charge < -0.3 is 5.32 Å². The van der Waals surface area contributed by atoms with Crippen LogP contribution >= 0.6 is 22.7 Å². The summed E-state index contributed by atoms with van der Waals surface area (Å²) in [5.74, 6) is 0.697. The van der Waals surface area contributed by atoms with Crippen molar-refractivity contribution in [3.05, 3.63) is 38.0 Å². The Morgan fingerprint density at radius 2 is 2.33 bits per heavy atom. The molecule has 2 heterocycles. The summed E-state index contributed by atoms with van der Waals surface area (Å²) in [7, 11) is 0. The first kappa shape index (κ1) is 11.9. The molecule has 3 rings (SSSR count). The molecule has 18 heavy (non-hydrogen) atoms. The van der Waals surface area contributed by atoms with E-state index in [1.807, 2.05) is 18.4 Å². The fourth-order valence-corrected chi connectivity index (χ4v) is 3.61.